The van der Waals surface area contributed by atoms with Crippen molar-refractivity contribution in [2.24, 2.45) is 0 Å². The van der Waals surface area contributed by atoms with Crippen LogP contribution in [0.3, 0.4) is 0 Å². The second-order valence-corrected chi connectivity index (χ2v) is 4.81. The Morgan fingerprint density at radius 2 is 1.72 bits per heavy atom. The van der Waals surface area contributed by atoms with E-state index in [2.05, 4.69) is 17.1 Å². The number of pyridine rings is 1. The largest absolute Gasteiger partial charge is 0.256 e. The molecule has 4 heteroatoms. The number of carbonyl (C=O) groups excluding carboxylic acids is 1. The molecule has 0 amide bonds. The van der Waals surface area contributed by atoms with E-state index in [-0.39, 0.29) is 5.78 Å². The Labute approximate surface area is 117 Å². The molecule has 0 bridgehead atoms. The number of benzene rings is 1. The SMILES string of the molecule is CC(=O)[CH](O)[Ir].c1ccc(-c2ccccn2)cc1. The Morgan fingerprint density at radius 3 is 2.17 bits per heavy atom. The van der Waals surface area contributed by atoms with E-state index in [1.807, 2.05) is 42.6 Å². The van der Waals surface area contributed by atoms with Crippen molar-refractivity contribution in [2.75, 3.05) is 0 Å². The molecule has 2 aromatic rings. The molecule has 0 aliphatic carbocycles. The van der Waals surface area contributed by atoms with Crippen LogP contribution in [0.25, 0.3) is 11.3 Å². The van der Waals surface area contributed by atoms with Crippen molar-refractivity contribution in [1.82, 2.24) is 4.98 Å². The minimum Gasteiger partial charge on any atom is -0.256 e. The zero-order chi connectivity index (χ0) is 13.4. The van der Waals surface area contributed by atoms with E-state index in [1.54, 1.807) is 0 Å². The minimum absolute atomic E-state index is 0.185. The third kappa shape index (κ3) is 5.32. The maximum Gasteiger partial charge on any atom is 0.0701 e. The molecule has 1 N–H and O–H groups in total. The number of rotatable bonds is 2. The van der Waals surface area contributed by atoms with E-state index in [0.29, 0.717) is 0 Å². The maximum atomic E-state index is 9.89. The average Bonchev–Trinajstić information content (AvgIpc) is 2.41. The van der Waals surface area contributed by atoms with Gasteiger partial charge in [0.25, 0.3) is 0 Å². The zero-order valence-corrected chi connectivity index (χ0v) is 12.3. The Hall–Kier alpha value is -1.35. The molecule has 1 unspecified atom stereocenters. The molecular weight excluding hydrogens is 406 g/mol. The van der Waals surface area contributed by atoms with Crippen LogP contribution in [0.2, 0.25) is 0 Å². The van der Waals surface area contributed by atoms with Gasteiger partial charge < -0.3 is 0 Å². The van der Waals surface area contributed by atoms with Gasteiger partial charge in [-0.2, -0.15) is 0 Å². The summed E-state index contributed by atoms with van der Waals surface area (Å²) in [6, 6.07) is 16.1. The van der Waals surface area contributed by atoms with E-state index >= 15 is 0 Å². The van der Waals surface area contributed by atoms with Crippen molar-refractivity contribution in [3.05, 3.63) is 54.7 Å². The second-order valence-electron chi connectivity index (χ2n) is 3.50. The molecule has 1 heterocycles. The molecule has 0 spiro atoms. The van der Waals surface area contributed by atoms with Gasteiger partial charge in [-0.15, -0.1) is 0 Å². The van der Waals surface area contributed by atoms with Crippen LogP contribution in [0.1, 0.15) is 6.92 Å². The Kier molecular flexibility index (Phi) is 6.44. The van der Waals surface area contributed by atoms with Gasteiger partial charge in [0.1, 0.15) is 0 Å². The Balaban J connectivity index is 0.000000232. The third-order valence-corrected chi connectivity index (χ3v) is 3.03. The third-order valence-electron chi connectivity index (χ3n) is 2.05. The molecule has 18 heavy (non-hydrogen) atoms. The fraction of sp³-hybridized carbons (Fsp3) is 0.143. The molecule has 0 saturated heterocycles. The number of hydrogen-bond donors (Lipinski definition) is 1. The van der Waals surface area contributed by atoms with Crippen molar-refractivity contribution in [1.29, 1.82) is 0 Å². The quantitative estimate of drug-likeness (QED) is 0.811. The monoisotopic (exact) mass is 421 g/mol. The molecule has 1 aromatic heterocycles. The minimum atomic E-state index is -0.787. The molecule has 0 fully saturated rings. The smallest absolute Gasteiger partial charge is 0.0701 e. The zero-order valence-electron chi connectivity index (χ0n) is 9.91. The molecule has 2 rings (SSSR count). The fourth-order valence-corrected chi connectivity index (χ4v) is 1.14. The molecule has 1 atom stereocenters. The van der Waals surface area contributed by atoms with Gasteiger partial charge in [0, 0.05) is 11.8 Å². The average molecular weight is 420 g/mol. The summed E-state index contributed by atoms with van der Waals surface area (Å²) in [5, 5.41) is 8.28. The molecule has 1 aromatic carbocycles. The summed E-state index contributed by atoms with van der Waals surface area (Å²) in [5.41, 5.74) is 2.19. The van der Waals surface area contributed by atoms with Crippen molar-refractivity contribution < 1.29 is 28.8 Å². The number of ketones is 1. The van der Waals surface area contributed by atoms with E-state index < -0.39 is 4.62 Å². The van der Waals surface area contributed by atoms with Gasteiger partial charge in [0.05, 0.1) is 5.69 Å². The summed E-state index contributed by atoms with van der Waals surface area (Å²) >= 11 is 1.45. The second kappa shape index (κ2) is 7.88. The van der Waals surface area contributed by atoms with E-state index in [4.69, 9.17) is 5.11 Å². The molecule has 3 nitrogen and oxygen atoms in total. The molecule has 96 valence electrons. The van der Waals surface area contributed by atoms with Gasteiger partial charge in [-0.25, -0.2) is 0 Å². The van der Waals surface area contributed by atoms with Crippen LogP contribution >= 0.6 is 0 Å². The van der Waals surface area contributed by atoms with E-state index in [9.17, 15) is 4.79 Å². The van der Waals surface area contributed by atoms with E-state index in [0.717, 1.165) is 11.3 Å². The van der Waals surface area contributed by atoms with Crippen LogP contribution < -0.4 is 0 Å². The predicted molar refractivity (Wildman–Crippen MR) is 66.4 cm³/mol. The van der Waals surface area contributed by atoms with Crippen molar-refractivity contribution >= 4 is 5.78 Å². The predicted octanol–water partition coefficient (Wildman–Crippen LogP) is 2.19. The van der Waals surface area contributed by atoms with Gasteiger partial charge in [0.15, 0.2) is 0 Å². The van der Waals surface area contributed by atoms with Crippen LogP contribution in [-0.4, -0.2) is 20.5 Å². The van der Waals surface area contributed by atoms with Crippen LogP contribution in [-0.2, 0) is 23.7 Å². The topological polar surface area (TPSA) is 50.2 Å². The van der Waals surface area contributed by atoms with Gasteiger partial charge in [-0.3, -0.25) is 4.98 Å². The van der Waals surface area contributed by atoms with Crippen LogP contribution in [0.4, 0.5) is 0 Å². The number of nitrogens with zero attached hydrogens (tertiary/aromatic N) is 1. The van der Waals surface area contributed by atoms with E-state index in [1.165, 1.54) is 25.8 Å². The first-order valence-electron chi connectivity index (χ1n) is 5.37. The summed E-state index contributed by atoms with van der Waals surface area (Å²) in [7, 11) is 0. The molecule has 0 saturated carbocycles. The van der Waals surface area contributed by atoms with Crippen molar-refractivity contribution in [3.63, 3.8) is 0 Å². The Bertz CT molecular complexity index is 434. The summed E-state index contributed by atoms with van der Waals surface area (Å²) in [6.07, 6.45) is 1.81. The first-order chi connectivity index (χ1) is 8.61. The van der Waals surface area contributed by atoms with Gasteiger partial charge >= 0.3 is 46.1 Å². The standard InChI is InChI=1S/C11H9N.C3H5O2.Ir/c1-2-6-10(7-3-1)11-8-4-5-9-12-11;1-3(5)2-4;/h1-9H;2,4H,1H3;. The summed E-state index contributed by atoms with van der Waals surface area (Å²) in [5.74, 6) is -0.185. The Morgan fingerprint density at radius 1 is 1.17 bits per heavy atom. The number of hydrogen-bond acceptors (Lipinski definition) is 3. The maximum absolute atomic E-state index is 9.89. The first kappa shape index (κ1) is 14.7. The number of aliphatic hydroxyl groups excluding tert-OH is 1. The molecule has 0 aliphatic heterocycles. The van der Waals surface area contributed by atoms with Crippen LogP contribution in [0.15, 0.2) is 54.7 Å². The number of aliphatic hydroxyl groups is 1. The number of Topliss-reactive ketones (excluding diaryl/α,β-unsaturated/α-hetero) is 1. The number of aromatic nitrogens is 1. The first-order valence-corrected chi connectivity index (χ1v) is 6.76. The summed E-state index contributed by atoms with van der Waals surface area (Å²) < 4.78 is -0.787. The van der Waals surface area contributed by atoms with Gasteiger partial charge in [0.2, 0.25) is 0 Å². The van der Waals surface area contributed by atoms with Gasteiger partial charge in [-0.1, -0.05) is 36.4 Å². The molecule has 0 radical (unpaired) electrons. The summed E-state index contributed by atoms with van der Waals surface area (Å²) in [4.78, 5) is 14.1. The summed E-state index contributed by atoms with van der Waals surface area (Å²) in [6.45, 7) is 1.35. The number of carbonyl (C=O) groups is 1. The van der Waals surface area contributed by atoms with Gasteiger partial charge in [-0.05, 0) is 12.1 Å². The van der Waals surface area contributed by atoms with Crippen molar-refractivity contribution in [3.8, 4) is 11.3 Å². The molecule has 0 aliphatic rings. The van der Waals surface area contributed by atoms with Crippen LogP contribution in [0.5, 0.6) is 0 Å². The van der Waals surface area contributed by atoms with Crippen molar-refractivity contribution in [2.45, 2.75) is 11.5 Å². The normalized spacial score (nSPS) is 11.1. The fourth-order valence-electron chi connectivity index (χ4n) is 1.14. The van der Waals surface area contributed by atoms with Crippen LogP contribution in [0, 0.1) is 0 Å². The molecular formula is C14H14IrNO2.